The van der Waals surface area contributed by atoms with Crippen molar-refractivity contribution < 1.29 is 18.7 Å². The van der Waals surface area contributed by atoms with E-state index in [2.05, 4.69) is 32.2 Å². The molecule has 0 radical (unpaired) electrons. The fourth-order valence-corrected chi connectivity index (χ4v) is 3.15. The molecule has 0 saturated heterocycles. The summed E-state index contributed by atoms with van der Waals surface area (Å²) in [4.78, 5) is 24.7. The Balaban J connectivity index is 1.62. The number of fused-ring (bicyclic) bond motifs is 1. The minimum Gasteiger partial charge on any atom is -0.488 e. The molecular weight excluding hydrogens is 441 g/mol. The van der Waals surface area contributed by atoms with E-state index in [4.69, 9.17) is 15.2 Å². The van der Waals surface area contributed by atoms with Crippen LogP contribution < -0.4 is 21.1 Å². The Bertz CT molecular complexity index is 1360. The third-order valence-corrected chi connectivity index (χ3v) is 4.73. The van der Waals surface area contributed by atoms with Crippen molar-refractivity contribution in [2.45, 2.75) is 0 Å². The van der Waals surface area contributed by atoms with Crippen LogP contribution in [-0.2, 0) is 9.53 Å². The van der Waals surface area contributed by atoms with Crippen LogP contribution in [0.3, 0.4) is 0 Å². The van der Waals surface area contributed by atoms with Crippen molar-refractivity contribution in [3.05, 3.63) is 67.3 Å². The first-order chi connectivity index (χ1) is 16.5. The highest BCUT2D eigenvalue weighted by Gasteiger charge is 2.14. The molecule has 4 aromatic rings. The predicted molar refractivity (Wildman–Crippen MR) is 127 cm³/mol. The Kier molecular flexibility index (Phi) is 6.64. The molecule has 11 heteroatoms. The molecule has 34 heavy (non-hydrogen) atoms. The maximum atomic E-state index is 14.4. The second-order valence-corrected chi connectivity index (χ2v) is 7.07. The fourth-order valence-electron chi connectivity index (χ4n) is 3.15. The number of nitrogens with one attached hydrogen (secondary N) is 2. The van der Waals surface area contributed by atoms with Gasteiger partial charge in [-0.3, -0.25) is 9.36 Å². The number of ether oxygens (including phenoxy) is 2. The van der Waals surface area contributed by atoms with Crippen molar-refractivity contribution in [1.82, 2.24) is 19.5 Å². The van der Waals surface area contributed by atoms with Gasteiger partial charge in [-0.1, -0.05) is 12.6 Å². The van der Waals surface area contributed by atoms with Crippen molar-refractivity contribution in [3.63, 3.8) is 0 Å². The van der Waals surface area contributed by atoms with E-state index in [1.165, 1.54) is 18.2 Å². The maximum absolute atomic E-state index is 14.4. The summed E-state index contributed by atoms with van der Waals surface area (Å²) < 4.78 is 26.3. The van der Waals surface area contributed by atoms with Crippen LogP contribution >= 0.6 is 0 Å². The van der Waals surface area contributed by atoms with Crippen molar-refractivity contribution in [2.24, 2.45) is 0 Å². The Morgan fingerprint density at radius 1 is 1.21 bits per heavy atom. The van der Waals surface area contributed by atoms with Gasteiger partial charge in [0.15, 0.2) is 28.5 Å². The number of anilines is 4. The SMILES string of the molecule is C=CC(=O)Nc1cccc(-n2cnc3c(N)nc(Nc4ccc(OCCOC)c(F)c4)nc32)c1. The van der Waals surface area contributed by atoms with Gasteiger partial charge in [0.2, 0.25) is 11.9 Å². The quantitative estimate of drug-likeness (QED) is 0.254. The summed E-state index contributed by atoms with van der Waals surface area (Å²) in [5, 5.41) is 5.66. The molecule has 2 heterocycles. The lowest BCUT2D eigenvalue weighted by Gasteiger charge is -2.11. The second kappa shape index (κ2) is 9.96. The molecule has 0 fully saturated rings. The minimum absolute atomic E-state index is 0.111. The number of carbonyl (C=O) groups is 1. The van der Waals surface area contributed by atoms with Gasteiger partial charge in [0.1, 0.15) is 12.9 Å². The third-order valence-electron chi connectivity index (χ3n) is 4.73. The number of hydrogen-bond acceptors (Lipinski definition) is 8. The van der Waals surface area contributed by atoms with E-state index < -0.39 is 5.82 Å². The Labute approximate surface area is 194 Å². The first-order valence-electron chi connectivity index (χ1n) is 10.2. The van der Waals surface area contributed by atoms with E-state index in [9.17, 15) is 9.18 Å². The molecule has 0 atom stereocenters. The summed E-state index contributed by atoms with van der Waals surface area (Å²) in [7, 11) is 1.54. The van der Waals surface area contributed by atoms with Gasteiger partial charge < -0.3 is 25.8 Å². The van der Waals surface area contributed by atoms with Crippen LogP contribution in [0.5, 0.6) is 5.75 Å². The van der Waals surface area contributed by atoms with E-state index >= 15 is 0 Å². The van der Waals surface area contributed by atoms with Crippen molar-refractivity contribution in [3.8, 4) is 11.4 Å². The molecular formula is C23H22FN7O3. The topological polar surface area (TPSA) is 129 Å². The molecule has 0 aliphatic rings. The summed E-state index contributed by atoms with van der Waals surface area (Å²) in [6, 6.07) is 11.5. The van der Waals surface area contributed by atoms with E-state index in [1.807, 2.05) is 6.07 Å². The van der Waals surface area contributed by atoms with Gasteiger partial charge >= 0.3 is 0 Å². The van der Waals surface area contributed by atoms with Gasteiger partial charge in [-0.15, -0.1) is 0 Å². The van der Waals surface area contributed by atoms with Gasteiger partial charge in [-0.05, 0) is 36.4 Å². The molecule has 0 spiro atoms. The van der Waals surface area contributed by atoms with Crippen LogP contribution in [0, 0.1) is 5.82 Å². The lowest BCUT2D eigenvalue weighted by Crippen LogP contribution is -2.08. The maximum Gasteiger partial charge on any atom is 0.247 e. The lowest BCUT2D eigenvalue weighted by atomic mass is 10.2. The van der Waals surface area contributed by atoms with Gasteiger partial charge in [-0.2, -0.15) is 9.97 Å². The number of rotatable bonds is 9. The standard InChI is InChI=1S/C23H22FN7O3/c1-3-19(32)27-14-5-4-6-16(11-14)31-13-26-20-21(25)29-23(30-22(20)31)28-15-7-8-18(17(24)12-15)34-10-9-33-2/h3-8,11-13H,1,9-10H2,2H3,(H,27,32)(H3,25,28,29,30). The summed E-state index contributed by atoms with van der Waals surface area (Å²) >= 11 is 0. The number of methoxy groups -OCH3 is 1. The van der Waals surface area contributed by atoms with Crippen LogP contribution in [0.2, 0.25) is 0 Å². The zero-order chi connectivity index (χ0) is 24.1. The first kappa shape index (κ1) is 22.7. The molecule has 0 saturated carbocycles. The summed E-state index contributed by atoms with van der Waals surface area (Å²) in [6.45, 7) is 4.04. The smallest absolute Gasteiger partial charge is 0.247 e. The van der Waals surface area contributed by atoms with Crippen LogP contribution in [0.25, 0.3) is 16.9 Å². The molecule has 174 valence electrons. The van der Waals surface area contributed by atoms with Crippen molar-refractivity contribution in [2.75, 3.05) is 36.7 Å². The molecule has 10 nitrogen and oxygen atoms in total. The molecule has 1 amide bonds. The van der Waals surface area contributed by atoms with Crippen LogP contribution in [0.4, 0.5) is 27.5 Å². The predicted octanol–water partition coefficient (Wildman–Crippen LogP) is 3.43. The van der Waals surface area contributed by atoms with E-state index in [0.717, 1.165) is 0 Å². The number of benzene rings is 2. The van der Waals surface area contributed by atoms with E-state index in [0.29, 0.717) is 34.8 Å². The van der Waals surface area contributed by atoms with Crippen LogP contribution in [-0.4, -0.2) is 45.7 Å². The number of nitrogens with zero attached hydrogens (tertiary/aromatic N) is 4. The van der Waals surface area contributed by atoms with Gasteiger partial charge in [0, 0.05) is 24.6 Å². The molecule has 0 aliphatic heterocycles. The molecule has 0 bridgehead atoms. The van der Waals surface area contributed by atoms with Crippen molar-refractivity contribution >= 4 is 40.2 Å². The molecule has 4 N–H and O–H groups in total. The number of amides is 1. The first-order valence-corrected chi connectivity index (χ1v) is 10.2. The highest BCUT2D eigenvalue weighted by atomic mass is 19.1. The average Bonchev–Trinajstić information content (AvgIpc) is 3.25. The van der Waals surface area contributed by atoms with Crippen LogP contribution in [0.15, 0.2) is 61.4 Å². The molecule has 0 aliphatic carbocycles. The van der Waals surface area contributed by atoms with Crippen LogP contribution in [0.1, 0.15) is 0 Å². The monoisotopic (exact) mass is 463 g/mol. The fraction of sp³-hybridized carbons (Fsp3) is 0.130. The number of nitrogens with two attached hydrogens (primary N) is 1. The number of halogens is 1. The third kappa shape index (κ3) is 4.94. The minimum atomic E-state index is -0.543. The van der Waals surface area contributed by atoms with Gasteiger partial charge in [0.25, 0.3) is 0 Å². The zero-order valence-corrected chi connectivity index (χ0v) is 18.3. The number of imidazole rings is 1. The lowest BCUT2D eigenvalue weighted by molar-refractivity contribution is -0.111. The number of nitrogen functional groups attached to an aromatic ring is 1. The Morgan fingerprint density at radius 3 is 2.82 bits per heavy atom. The largest absolute Gasteiger partial charge is 0.488 e. The number of hydrogen-bond donors (Lipinski definition) is 3. The molecule has 2 aromatic heterocycles. The number of aromatic nitrogens is 4. The van der Waals surface area contributed by atoms with E-state index in [1.54, 1.807) is 42.3 Å². The van der Waals surface area contributed by atoms with Crippen molar-refractivity contribution in [1.29, 1.82) is 0 Å². The number of carbonyl (C=O) groups excluding carboxylic acids is 1. The summed E-state index contributed by atoms with van der Waals surface area (Å²) in [6.07, 6.45) is 2.74. The summed E-state index contributed by atoms with van der Waals surface area (Å²) in [5.74, 6) is -0.440. The average molecular weight is 463 g/mol. The van der Waals surface area contributed by atoms with Gasteiger partial charge in [-0.25, -0.2) is 9.37 Å². The second-order valence-electron chi connectivity index (χ2n) is 7.07. The Morgan fingerprint density at radius 2 is 2.06 bits per heavy atom. The van der Waals surface area contributed by atoms with Gasteiger partial charge in [0.05, 0.1) is 12.3 Å². The normalized spacial score (nSPS) is 10.8. The highest BCUT2D eigenvalue weighted by molar-refractivity contribution is 5.99. The van der Waals surface area contributed by atoms with E-state index in [-0.39, 0.29) is 30.0 Å². The Hall–Kier alpha value is -4.51. The highest BCUT2D eigenvalue weighted by Crippen LogP contribution is 2.26. The summed E-state index contributed by atoms with van der Waals surface area (Å²) in [5.41, 5.74) is 8.61. The zero-order valence-electron chi connectivity index (χ0n) is 18.3. The molecule has 4 rings (SSSR count). The molecule has 0 unspecified atom stereocenters. The molecule has 2 aromatic carbocycles.